The molecule has 2 aromatic heterocycles. The van der Waals surface area contributed by atoms with Crippen molar-refractivity contribution in [3.8, 4) is 0 Å². The van der Waals surface area contributed by atoms with Crippen LogP contribution in [0, 0.1) is 3.70 Å². The molecule has 5 heteroatoms. The Balaban J connectivity index is 2.16. The normalized spacial score (nSPS) is 10.9. The van der Waals surface area contributed by atoms with Crippen molar-refractivity contribution in [2.24, 2.45) is 0 Å². The number of hydrogen-bond donors (Lipinski definition) is 0. The predicted octanol–water partition coefficient (Wildman–Crippen LogP) is 2.31. The first-order valence-electron chi connectivity index (χ1n) is 5.46. The van der Waals surface area contributed by atoms with Crippen molar-refractivity contribution < 1.29 is 0 Å². The summed E-state index contributed by atoms with van der Waals surface area (Å²) in [5, 5.41) is 8.79. The van der Waals surface area contributed by atoms with Crippen LogP contribution < -0.4 is 0 Å². The molecule has 0 N–H and O–H groups in total. The highest BCUT2D eigenvalue weighted by Crippen LogP contribution is 2.10. The van der Waals surface area contributed by atoms with Crippen molar-refractivity contribution in [1.29, 1.82) is 0 Å². The summed E-state index contributed by atoms with van der Waals surface area (Å²) in [6.45, 7) is 5.93. The molecule has 0 fully saturated rings. The fourth-order valence-corrected chi connectivity index (χ4v) is 2.20. The molecule has 0 saturated carbocycles. The highest BCUT2D eigenvalue weighted by Gasteiger charge is 2.05. The van der Waals surface area contributed by atoms with E-state index >= 15 is 0 Å². The van der Waals surface area contributed by atoms with Gasteiger partial charge in [-0.25, -0.2) is 0 Å². The summed E-state index contributed by atoms with van der Waals surface area (Å²) in [5.41, 5.74) is 2.35. The van der Waals surface area contributed by atoms with E-state index in [0.717, 1.165) is 25.2 Å². The standard InChI is InChI=1S/C11H15IN4/c1-3-10-5-11(12)16(14-10)8-9-6-13-15(4-2)7-9/h5-7H,3-4,8H2,1-2H3. The molecule has 2 heterocycles. The smallest absolute Gasteiger partial charge is 0.0996 e. The van der Waals surface area contributed by atoms with Gasteiger partial charge in [0.15, 0.2) is 0 Å². The number of rotatable bonds is 4. The zero-order valence-electron chi connectivity index (χ0n) is 9.52. The van der Waals surface area contributed by atoms with Crippen LogP contribution in [0.25, 0.3) is 0 Å². The molecule has 0 radical (unpaired) electrons. The quantitative estimate of drug-likeness (QED) is 0.807. The molecule has 0 aliphatic carbocycles. The van der Waals surface area contributed by atoms with E-state index in [4.69, 9.17) is 0 Å². The van der Waals surface area contributed by atoms with E-state index in [1.165, 1.54) is 9.26 Å². The van der Waals surface area contributed by atoms with Crippen LogP contribution in [-0.2, 0) is 19.5 Å². The molecule has 0 saturated heterocycles. The highest BCUT2D eigenvalue weighted by molar-refractivity contribution is 14.1. The van der Waals surface area contributed by atoms with Gasteiger partial charge < -0.3 is 0 Å². The van der Waals surface area contributed by atoms with Gasteiger partial charge in [0.05, 0.1) is 22.1 Å². The first-order chi connectivity index (χ1) is 7.72. The molecule has 86 valence electrons. The average Bonchev–Trinajstić information content (AvgIpc) is 2.87. The molecule has 4 nitrogen and oxygen atoms in total. The fraction of sp³-hybridized carbons (Fsp3) is 0.455. The van der Waals surface area contributed by atoms with Gasteiger partial charge in [-0.05, 0) is 42.0 Å². The second-order valence-corrected chi connectivity index (χ2v) is 4.78. The van der Waals surface area contributed by atoms with Gasteiger partial charge in [0, 0.05) is 18.3 Å². The summed E-state index contributed by atoms with van der Waals surface area (Å²) in [6.07, 6.45) is 4.97. The van der Waals surface area contributed by atoms with Gasteiger partial charge in [0.2, 0.25) is 0 Å². The van der Waals surface area contributed by atoms with Crippen LogP contribution in [0.1, 0.15) is 25.1 Å². The van der Waals surface area contributed by atoms with E-state index in [0.29, 0.717) is 0 Å². The minimum atomic E-state index is 0.804. The molecule has 0 aromatic carbocycles. The van der Waals surface area contributed by atoms with Gasteiger partial charge in [-0.15, -0.1) is 0 Å². The highest BCUT2D eigenvalue weighted by atomic mass is 127. The van der Waals surface area contributed by atoms with Crippen LogP contribution in [0.2, 0.25) is 0 Å². The molecule has 0 aliphatic rings. The molecule has 0 unspecified atom stereocenters. The van der Waals surface area contributed by atoms with Crippen LogP contribution in [0.15, 0.2) is 18.5 Å². The molecule has 0 atom stereocenters. The second kappa shape index (κ2) is 4.99. The fourth-order valence-electron chi connectivity index (χ4n) is 1.56. The van der Waals surface area contributed by atoms with Crippen LogP contribution in [0.4, 0.5) is 0 Å². The SMILES string of the molecule is CCc1cc(I)n(Cc2cnn(CC)c2)n1. The lowest BCUT2D eigenvalue weighted by molar-refractivity contribution is 0.647. The third-order valence-corrected chi connectivity index (χ3v) is 3.36. The van der Waals surface area contributed by atoms with E-state index in [1.807, 2.05) is 15.6 Å². The largest absolute Gasteiger partial charge is 0.273 e. The first kappa shape index (κ1) is 11.6. The zero-order chi connectivity index (χ0) is 11.5. The minimum Gasteiger partial charge on any atom is -0.273 e. The molecule has 2 aromatic rings. The number of aryl methyl sites for hydroxylation is 2. The Kier molecular flexibility index (Phi) is 3.63. The first-order valence-corrected chi connectivity index (χ1v) is 6.54. The molecule has 2 rings (SSSR count). The van der Waals surface area contributed by atoms with E-state index in [-0.39, 0.29) is 0 Å². The maximum Gasteiger partial charge on any atom is 0.0996 e. The van der Waals surface area contributed by atoms with Crippen molar-refractivity contribution in [3.05, 3.63) is 33.4 Å². The summed E-state index contributed by atoms with van der Waals surface area (Å²) in [5.74, 6) is 0. The third-order valence-electron chi connectivity index (χ3n) is 2.49. The second-order valence-electron chi connectivity index (χ2n) is 3.67. The van der Waals surface area contributed by atoms with Gasteiger partial charge in [-0.3, -0.25) is 9.36 Å². The van der Waals surface area contributed by atoms with Gasteiger partial charge in [-0.1, -0.05) is 6.92 Å². The average molecular weight is 330 g/mol. The van der Waals surface area contributed by atoms with E-state index < -0.39 is 0 Å². The Bertz CT molecular complexity index is 472. The maximum atomic E-state index is 4.53. The number of aromatic nitrogens is 4. The molecule has 16 heavy (non-hydrogen) atoms. The van der Waals surface area contributed by atoms with Crippen LogP contribution in [0.5, 0.6) is 0 Å². The Labute approximate surface area is 109 Å². The van der Waals surface area contributed by atoms with Crippen molar-refractivity contribution in [3.63, 3.8) is 0 Å². The van der Waals surface area contributed by atoms with E-state index in [2.05, 4.69) is 58.9 Å². The summed E-state index contributed by atoms with van der Waals surface area (Å²) in [4.78, 5) is 0. The van der Waals surface area contributed by atoms with Crippen LogP contribution >= 0.6 is 22.6 Å². The zero-order valence-corrected chi connectivity index (χ0v) is 11.7. The minimum absolute atomic E-state index is 0.804. The molecule has 0 aliphatic heterocycles. The van der Waals surface area contributed by atoms with Gasteiger partial charge in [-0.2, -0.15) is 10.2 Å². The predicted molar refractivity (Wildman–Crippen MR) is 71.3 cm³/mol. The van der Waals surface area contributed by atoms with Crippen LogP contribution in [-0.4, -0.2) is 19.6 Å². The molecular formula is C11H15IN4. The molecule has 0 bridgehead atoms. The van der Waals surface area contributed by atoms with Gasteiger partial charge in [0.1, 0.15) is 0 Å². The summed E-state index contributed by atoms with van der Waals surface area (Å²) in [7, 11) is 0. The number of halogens is 1. The Morgan fingerprint density at radius 3 is 2.75 bits per heavy atom. The maximum absolute atomic E-state index is 4.53. The van der Waals surface area contributed by atoms with Gasteiger partial charge >= 0.3 is 0 Å². The van der Waals surface area contributed by atoms with Crippen LogP contribution in [0.3, 0.4) is 0 Å². The Hall–Kier alpha value is -0.850. The summed E-state index contributed by atoms with van der Waals surface area (Å²) >= 11 is 2.32. The molecule has 0 amide bonds. The topological polar surface area (TPSA) is 35.6 Å². The molecular weight excluding hydrogens is 315 g/mol. The van der Waals surface area contributed by atoms with Crippen molar-refractivity contribution in [1.82, 2.24) is 19.6 Å². The van der Waals surface area contributed by atoms with Crippen molar-refractivity contribution in [2.45, 2.75) is 33.4 Å². The lowest BCUT2D eigenvalue weighted by Gasteiger charge is -2.00. The Morgan fingerprint density at radius 1 is 1.38 bits per heavy atom. The Morgan fingerprint density at radius 2 is 2.19 bits per heavy atom. The van der Waals surface area contributed by atoms with Crippen molar-refractivity contribution in [2.75, 3.05) is 0 Å². The third kappa shape index (κ3) is 2.45. The number of nitrogens with zero attached hydrogens (tertiary/aromatic N) is 4. The summed E-state index contributed by atoms with van der Waals surface area (Å²) in [6, 6.07) is 2.13. The monoisotopic (exact) mass is 330 g/mol. The molecule has 0 spiro atoms. The lowest BCUT2D eigenvalue weighted by Crippen LogP contribution is -2.03. The van der Waals surface area contributed by atoms with Gasteiger partial charge in [0.25, 0.3) is 0 Å². The lowest BCUT2D eigenvalue weighted by atomic mass is 10.3. The van der Waals surface area contributed by atoms with Crippen molar-refractivity contribution >= 4 is 22.6 Å². The van der Waals surface area contributed by atoms with E-state index in [1.54, 1.807) is 0 Å². The summed E-state index contributed by atoms with van der Waals surface area (Å²) < 4.78 is 5.14. The number of hydrogen-bond acceptors (Lipinski definition) is 2. The van der Waals surface area contributed by atoms with E-state index in [9.17, 15) is 0 Å².